The molecule has 0 fully saturated rings. The number of hydrogen-bond donors (Lipinski definition) is 0. The van der Waals surface area contributed by atoms with E-state index in [9.17, 15) is 0 Å². The van der Waals surface area contributed by atoms with Crippen LogP contribution in [0.15, 0.2) is 0 Å². The van der Waals surface area contributed by atoms with Gasteiger partial charge in [-0.1, -0.05) is 41.5 Å². The molecule has 0 aliphatic carbocycles. The molecule has 0 aromatic heterocycles. The molecule has 7 nitrogen and oxygen atoms in total. The van der Waals surface area contributed by atoms with Crippen LogP contribution in [0.2, 0.25) is 23.2 Å². The van der Waals surface area contributed by atoms with Gasteiger partial charge in [-0.15, -0.1) is 0 Å². The Kier molecular flexibility index (Phi) is 13.0. The lowest BCUT2D eigenvalue weighted by molar-refractivity contribution is -0.343. The smallest absolute Gasteiger partial charge is 0.287 e. The van der Waals surface area contributed by atoms with Gasteiger partial charge in [0.15, 0.2) is 0 Å². The minimum atomic E-state index is -3.08. The summed E-state index contributed by atoms with van der Waals surface area (Å²) in [5, 5.41) is -0.634. The Morgan fingerprint density at radius 3 is 0.727 bits per heavy atom. The Morgan fingerprint density at radius 2 is 0.606 bits per heavy atom. The van der Waals surface area contributed by atoms with E-state index >= 15 is 0 Å². The predicted octanol–water partition coefficient (Wildman–Crippen LogP) is 6.36. The van der Waals surface area contributed by atoms with E-state index in [4.69, 9.17) is 32.5 Å². The van der Waals surface area contributed by atoms with Gasteiger partial charge in [0.25, 0.3) is 27.8 Å². The van der Waals surface area contributed by atoms with E-state index in [2.05, 4.69) is 54.6 Å². The van der Waals surface area contributed by atoms with Crippen molar-refractivity contribution in [2.75, 3.05) is 39.6 Å². The van der Waals surface area contributed by atoms with Crippen LogP contribution < -0.4 is 0 Å². The van der Waals surface area contributed by atoms with Gasteiger partial charge in [0.1, 0.15) is 0 Å². The highest BCUT2D eigenvalue weighted by Crippen LogP contribution is 2.54. The SMILES string of the molecule is CCOC(OCC)(OCC)[Si](C)(O[Si](C)(C(C)(C)C)C(OCC)(OCC)OCC)C(C)(C)C. The number of rotatable bonds is 16. The lowest BCUT2D eigenvalue weighted by atomic mass is 10.2. The van der Waals surface area contributed by atoms with Gasteiger partial charge in [-0.3, -0.25) is 0 Å². The highest BCUT2D eigenvalue weighted by atomic mass is 28.4. The average molecular weight is 511 g/mol. The van der Waals surface area contributed by atoms with Crippen LogP contribution in [0.25, 0.3) is 0 Å². The van der Waals surface area contributed by atoms with E-state index in [-0.39, 0.29) is 10.1 Å². The molecular weight excluding hydrogens is 456 g/mol. The van der Waals surface area contributed by atoms with Crippen molar-refractivity contribution in [3.63, 3.8) is 0 Å². The molecule has 0 heterocycles. The fourth-order valence-corrected chi connectivity index (χ4v) is 15.0. The maximum atomic E-state index is 7.53. The molecule has 2 atom stereocenters. The largest absolute Gasteiger partial charge is 0.444 e. The fraction of sp³-hybridized carbons (Fsp3) is 1.00. The maximum Gasteiger partial charge on any atom is 0.287 e. The van der Waals surface area contributed by atoms with Gasteiger partial charge in [0, 0.05) is 39.6 Å². The molecule has 0 bridgehead atoms. The van der Waals surface area contributed by atoms with Gasteiger partial charge in [-0.25, -0.2) is 0 Å². The first-order valence-corrected chi connectivity index (χ1v) is 17.4. The second-order valence-corrected chi connectivity index (χ2v) is 19.6. The Hall–Kier alpha value is 0.154. The number of ether oxygens (including phenoxy) is 6. The molecule has 200 valence electrons. The Bertz CT molecular complexity index is 480. The summed E-state index contributed by atoms with van der Waals surface area (Å²) in [6, 6.07) is 0. The van der Waals surface area contributed by atoms with Gasteiger partial charge in [0.2, 0.25) is 0 Å². The van der Waals surface area contributed by atoms with Crippen molar-refractivity contribution in [1.29, 1.82) is 0 Å². The van der Waals surface area contributed by atoms with E-state index in [1.165, 1.54) is 0 Å². The van der Waals surface area contributed by atoms with Crippen LogP contribution >= 0.6 is 0 Å². The lowest BCUT2D eigenvalue weighted by Gasteiger charge is -2.58. The van der Waals surface area contributed by atoms with Gasteiger partial charge >= 0.3 is 0 Å². The molecule has 0 radical (unpaired) electrons. The molecule has 0 spiro atoms. The predicted molar refractivity (Wildman–Crippen MR) is 139 cm³/mol. The lowest BCUT2D eigenvalue weighted by Crippen LogP contribution is -2.77. The van der Waals surface area contributed by atoms with E-state index in [0.29, 0.717) is 39.6 Å². The van der Waals surface area contributed by atoms with Crippen LogP contribution in [0.3, 0.4) is 0 Å². The molecule has 0 N–H and O–H groups in total. The molecule has 9 heteroatoms. The minimum Gasteiger partial charge on any atom is -0.444 e. The maximum absolute atomic E-state index is 7.53. The molecule has 0 saturated carbocycles. The van der Waals surface area contributed by atoms with E-state index in [1.807, 2.05) is 41.5 Å². The van der Waals surface area contributed by atoms with Crippen LogP contribution in [0, 0.1) is 0 Å². The van der Waals surface area contributed by atoms with Gasteiger partial charge in [0.05, 0.1) is 0 Å². The highest BCUT2D eigenvalue weighted by Gasteiger charge is 2.72. The first-order chi connectivity index (χ1) is 15.1. The Balaban J connectivity index is 7.29. The molecular formula is C24H54O7Si2. The second-order valence-electron chi connectivity index (χ2n) is 10.4. The number of hydrogen-bond acceptors (Lipinski definition) is 7. The van der Waals surface area contributed by atoms with Crippen LogP contribution in [-0.2, 0) is 32.5 Å². The van der Waals surface area contributed by atoms with Crippen molar-refractivity contribution in [2.45, 2.75) is 117 Å². The molecule has 0 rings (SSSR count). The third kappa shape index (κ3) is 6.68. The molecule has 0 aromatic rings. The summed E-state index contributed by atoms with van der Waals surface area (Å²) in [5.41, 5.74) is -2.58. The quantitative estimate of drug-likeness (QED) is 0.177. The molecule has 0 aliphatic rings. The van der Waals surface area contributed by atoms with Crippen molar-refractivity contribution in [2.24, 2.45) is 0 Å². The van der Waals surface area contributed by atoms with Crippen LogP contribution in [0.1, 0.15) is 83.1 Å². The Labute approximate surface area is 206 Å². The van der Waals surface area contributed by atoms with Crippen LogP contribution in [0.4, 0.5) is 0 Å². The first-order valence-electron chi connectivity index (χ1n) is 12.6. The average Bonchev–Trinajstić information content (AvgIpc) is 2.67. The summed E-state index contributed by atoms with van der Waals surface area (Å²) in [5.74, 6) is 0. The highest BCUT2D eigenvalue weighted by molar-refractivity contribution is 6.90. The van der Waals surface area contributed by atoms with Crippen LogP contribution in [-0.4, -0.2) is 67.5 Å². The zero-order valence-corrected chi connectivity index (χ0v) is 26.1. The summed E-state index contributed by atoms with van der Waals surface area (Å²) in [6.45, 7) is 31.7. The summed E-state index contributed by atoms with van der Waals surface area (Å²) < 4.78 is 45.6. The first kappa shape index (κ1) is 33.2. The zero-order chi connectivity index (χ0) is 26.2. The summed E-state index contributed by atoms with van der Waals surface area (Å²) in [7, 11) is -6.16. The second kappa shape index (κ2) is 12.9. The third-order valence-corrected chi connectivity index (χ3v) is 18.6. The Morgan fingerprint density at radius 1 is 0.424 bits per heavy atom. The van der Waals surface area contributed by atoms with Crippen molar-refractivity contribution < 1.29 is 32.5 Å². The molecule has 0 amide bonds. The van der Waals surface area contributed by atoms with Crippen LogP contribution in [0.5, 0.6) is 0 Å². The standard InChI is InChI=1S/C24H54O7Si2/c1-15-25-23(26-16-2,27-17-3)32(13,21(7,8)9)31-33(14,22(10,11)12)24(28-18-4,29-19-5)30-20-6/h15-20H2,1-14H3. The van der Waals surface area contributed by atoms with Gasteiger partial charge in [-0.2, -0.15) is 0 Å². The van der Waals surface area contributed by atoms with Gasteiger partial charge in [-0.05, 0) is 64.7 Å². The zero-order valence-electron chi connectivity index (χ0n) is 24.1. The molecule has 33 heavy (non-hydrogen) atoms. The summed E-state index contributed by atoms with van der Waals surface area (Å²) in [6.07, 6.45) is 0. The van der Waals surface area contributed by atoms with E-state index in [0.717, 1.165) is 0 Å². The van der Waals surface area contributed by atoms with E-state index in [1.54, 1.807) is 0 Å². The summed E-state index contributed by atoms with van der Waals surface area (Å²) >= 11 is 0. The third-order valence-electron chi connectivity index (χ3n) is 6.45. The topological polar surface area (TPSA) is 64.6 Å². The fourth-order valence-electron chi connectivity index (χ4n) is 3.97. The van der Waals surface area contributed by atoms with Crippen molar-refractivity contribution >= 4 is 16.6 Å². The monoisotopic (exact) mass is 510 g/mol. The van der Waals surface area contributed by atoms with Crippen molar-refractivity contribution in [1.82, 2.24) is 0 Å². The molecule has 0 aromatic carbocycles. The molecule has 0 saturated heterocycles. The summed E-state index contributed by atoms with van der Waals surface area (Å²) in [4.78, 5) is 0. The van der Waals surface area contributed by atoms with Gasteiger partial charge < -0.3 is 32.5 Å². The normalized spacial score (nSPS) is 17.6. The van der Waals surface area contributed by atoms with Crippen molar-refractivity contribution in [3.05, 3.63) is 0 Å². The molecule has 0 aliphatic heterocycles. The van der Waals surface area contributed by atoms with E-state index < -0.39 is 27.8 Å². The molecule has 2 unspecified atom stereocenters. The minimum absolute atomic E-state index is 0.317. The van der Waals surface area contributed by atoms with Crippen molar-refractivity contribution in [3.8, 4) is 0 Å².